The Bertz CT molecular complexity index is 626. The minimum atomic E-state index is -0.0674. The molecule has 0 aliphatic rings. The number of aromatic hydroxyl groups is 4. The van der Waals surface area contributed by atoms with Crippen LogP contribution in [-0.4, -0.2) is 26.5 Å². The van der Waals surface area contributed by atoms with Gasteiger partial charge in [0.1, 0.15) is 0 Å². The standard InChI is InChI=1S/C10H15NO2.C8H10O2/c1-7(11)5-6-8-3-2-4-9(12)10(8)13;1-2-6-3-4-7(9)8(10)5-6/h2-4,7,12-13H,5-6,11H2,1H3;3-5,9-10H,2H2,1H3. The molecule has 0 aliphatic heterocycles. The van der Waals surface area contributed by atoms with Crippen molar-refractivity contribution in [2.45, 2.75) is 39.2 Å². The van der Waals surface area contributed by atoms with Gasteiger partial charge in [0.05, 0.1) is 0 Å². The summed E-state index contributed by atoms with van der Waals surface area (Å²) < 4.78 is 0. The van der Waals surface area contributed by atoms with Gasteiger partial charge in [0.15, 0.2) is 23.0 Å². The van der Waals surface area contributed by atoms with Crippen LogP contribution in [0, 0.1) is 0 Å². The van der Waals surface area contributed by atoms with Crippen LogP contribution in [0.15, 0.2) is 36.4 Å². The smallest absolute Gasteiger partial charge is 0.160 e. The zero-order valence-electron chi connectivity index (χ0n) is 13.5. The minimum absolute atomic E-state index is 0.0249. The molecule has 0 radical (unpaired) electrons. The van der Waals surface area contributed by atoms with Crippen LogP contribution >= 0.6 is 0 Å². The lowest BCUT2D eigenvalue weighted by Gasteiger charge is -2.07. The fourth-order valence-electron chi connectivity index (χ4n) is 1.95. The molecule has 0 spiro atoms. The number of benzene rings is 2. The molecular formula is C18H25NO4. The van der Waals surface area contributed by atoms with Crippen molar-refractivity contribution in [2.24, 2.45) is 5.73 Å². The van der Waals surface area contributed by atoms with E-state index in [0.29, 0.717) is 6.42 Å². The van der Waals surface area contributed by atoms with Crippen LogP contribution in [0.25, 0.3) is 0 Å². The van der Waals surface area contributed by atoms with Gasteiger partial charge in [-0.1, -0.05) is 25.1 Å². The molecule has 2 aromatic rings. The molecule has 0 aliphatic carbocycles. The van der Waals surface area contributed by atoms with Crippen LogP contribution in [-0.2, 0) is 12.8 Å². The van der Waals surface area contributed by atoms with E-state index in [1.807, 2.05) is 13.8 Å². The van der Waals surface area contributed by atoms with Gasteiger partial charge in [-0.05, 0) is 55.5 Å². The maximum atomic E-state index is 9.42. The monoisotopic (exact) mass is 319 g/mol. The summed E-state index contributed by atoms with van der Waals surface area (Å²) in [5.41, 5.74) is 7.36. The third-order valence-corrected chi connectivity index (χ3v) is 3.42. The Balaban J connectivity index is 0.000000238. The van der Waals surface area contributed by atoms with E-state index in [4.69, 9.17) is 15.9 Å². The van der Waals surface area contributed by atoms with Crippen molar-refractivity contribution >= 4 is 0 Å². The van der Waals surface area contributed by atoms with Gasteiger partial charge in [0, 0.05) is 6.04 Å². The summed E-state index contributed by atoms with van der Waals surface area (Å²) in [5.74, 6) is -0.193. The van der Waals surface area contributed by atoms with E-state index in [2.05, 4.69) is 0 Å². The normalized spacial score (nSPS) is 11.4. The number of rotatable bonds is 4. The number of nitrogens with two attached hydrogens (primary N) is 1. The molecule has 1 unspecified atom stereocenters. The highest BCUT2D eigenvalue weighted by atomic mass is 16.3. The van der Waals surface area contributed by atoms with Crippen LogP contribution < -0.4 is 5.73 Å². The quantitative estimate of drug-likeness (QED) is 0.557. The summed E-state index contributed by atoms with van der Waals surface area (Å²) in [6, 6.07) is 9.92. The molecule has 0 fully saturated rings. The van der Waals surface area contributed by atoms with Crippen molar-refractivity contribution in [3.8, 4) is 23.0 Å². The van der Waals surface area contributed by atoms with Crippen LogP contribution in [0.1, 0.15) is 31.4 Å². The van der Waals surface area contributed by atoms with Gasteiger partial charge >= 0.3 is 0 Å². The lowest BCUT2D eigenvalue weighted by atomic mass is 10.1. The highest BCUT2D eigenvalue weighted by Gasteiger charge is 2.05. The molecule has 1 atom stereocenters. The lowest BCUT2D eigenvalue weighted by molar-refractivity contribution is 0.398. The fourth-order valence-corrected chi connectivity index (χ4v) is 1.95. The molecule has 0 aromatic heterocycles. The molecule has 0 bridgehead atoms. The molecule has 6 N–H and O–H groups in total. The van der Waals surface area contributed by atoms with Gasteiger partial charge in [-0.3, -0.25) is 0 Å². The number of phenols is 4. The molecule has 0 saturated heterocycles. The highest BCUT2D eigenvalue weighted by molar-refractivity contribution is 5.44. The zero-order valence-corrected chi connectivity index (χ0v) is 13.5. The topological polar surface area (TPSA) is 107 Å². The summed E-state index contributed by atoms with van der Waals surface area (Å²) in [7, 11) is 0. The number of para-hydroxylation sites is 1. The number of phenolic OH excluding ortho intramolecular Hbond substituents is 4. The Morgan fingerprint density at radius 3 is 2.22 bits per heavy atom. The first-order valence-electron chi connectivity index (χ1n) is 7.61. The Labute approximate surface area is 136 Å². The van der Waals surface area contributed by atoms with E-state index in [9.17, 15) is 10.2 Å². The summed E-state index contributed by atoms with van der Waals surface area (Å²) in [6.45, 7) is 3.91. The van der Waals surface area contributed by atoms with Gasteiger partial charge < -0.3 is 26.2 Å². The summed E-state index contributed by atoms with van der Waals surface area (Å²) >= 11 is 0. The first-order chi connectivity index (χ1) is 10.8. The molecule has 5 heteroatoms. The van der Waals surface area contributed by atoms with E-state index in [1.165, 1.54) is 12.1 Å². The maximum Gasteiger partial charge on any atom is 0.160 e. The lowest BCUT2D eigenvalue weighted by Crippen LogP contribution is -2.15. The first kappa shape index (κ1) is 18.6. The zero-order chi connectivity index (χ0) is 17.4. The predicted octanol–water partition coefficient (Wildman–Crippen LogP) is 3.04. The van der Waals surface area contributed by atoms with Crippen molar-refractivity contribution in [1.82, 2.24) is 0 Å². The molecule has 2 aromatic carbocycles. The molecule has 5 nitrogen and oxygen atoms in total. The Hall–Kier alpha value is -2.40. The van der Waals surface area contributed by atoms with Crippen LogP contribution in [0.3, 0.4) is 0 Å². The molecule has 126 valence electrons. The summed E-state index contributed by atoms with van der Waals surface area (Å²) in [5, 5.41) is 36.5. The van der Waals surface area contributed by atoms with Gasteiger partial charge in [-0.15, -0.1) is 0 Å². The van der Waals surface area contributed by atoms with E-state index in [-0.39, 0.29) is 29.0 Å². The van der Waals surface area contributed by atoms with Gasteiger partial charge in [-0.25, -0.2) is 0 Å². The Kier molecular flexibility index (Phi) is 7.22. The molecule has 0 saturated carbocycles. The summed E-state index contributed by atoms with van der Waals surface area (Å²) in [4.78, 5) is 0. The van der Waals surface area contributed by atoms with Crippen molar-refractivity contribution in [3.63, 3.8) is 0 Å². The third kappa shape index (κ3) is 6.08. The fraction of sp³-hybridized carbons (Fsp3) is 0.333. The second-order valence-electron chi connectivity index (χ2n) is 5.48. The van der Waals surface area contributed by atoms with Crippen LogP contribution in [0.5, 0.6) is 23.0 Å². The second-order valence-corrected chi connectivity index (χ2v) is 5.48. The molecule has 0 amide bonds. The molecule has 0 heterocycles. The number of hydrogen-bond acceptors (Lipinski definition) is 5. The van der Waals surface area contributed by atoms with Crippen molar-refractivity contribution in [2.75, 3.05) is 0 Å². The third-order valence-electron chi connectivity index (χ3n) is 3.42. The Morgan fingerprint density at radius 2 is 1.65 bits per heavy atom. The van der Waals surface area contributed by atoms with Gasteiger partial charge in [-0.2, -0.15) is 0 Å². The maximum absolute atomic E-state index is 9.42. The van der Waals surface area contributed by atoms with E-state index in [1.54, 1.807) is 24.3 Å². The average Bonchev–Trinajstić information content (AvgIpc) is 2.52. The van der Waals surface area contributed by atoms with Crippen molar-refractivity contribution in [3.05, 3.63) is 47.5 Å². The molecule has 2 rings (SSSR count). The van der Waals surface area contributed by atoms with E-state index >= 15 is 0 Å². The SMILES string of the molecule is CC(N)CCc1cccc(O)c1O.CCc1ccc(O)c(O)c1. The number of hydrogen-bond donors (Lipinski definition) is 5. The largest absolute Gasteiger partial charge is 0.504 e. The van der Waals surface area contributed by atoms with Crippen molar-refractivity contribution in [1.29, 1.82) is 0 Å². The Morgan fingerprint density at radius 1 is 0.957 bits per heavy atom. The molecular weight excluding hydrogens is 294 g/mol. The number of aryl methyl sites for hydroxylation is 2. The van der Waals surface area contributed by atoms with Crippen LogP contribution in [0.4, 0.5) is 0 Å². The van der Waals surface area contributed by atoms with E-state index in [0.717, 1.165) is 24.0 Å². The van der Waals surface area contributed by atoms with E-state index < -0.39 is 0 Å². The van der Waals surface area contributed by atoms with Gasteiger partial charge in [0.2, 0.25) is 0 Å². The predicted molar refractivity (Wildman–Crippen MR) is 90.9 cm³/mol. The second kappa shape index (κ2) is 8.90. The average molecular weight is 319 g/mol. The first-order valence-corrected chi connectivity index (χ1v) is 7.61. The highest BCUT2D eigenvalue weighted by Crippen LogP contribution is 2.29. The summed E-state index contributed by atoms with van der Waals surface area (Å²) in [6.07, 6.45) is 2.36. The molecule has 23 heavy (non-hydrogen) atoms. The van der Waals surface area contributed by atoms with Crippen LogP contribution in [0.2, 0.25) is 0 Å². The minimum Gasteiger partial charge on any atom is -0.504 e. The van der Waals surface area contributed by atoms with Gasteiger partial charge in [0.25, 0.3) is 0 Å². The van der Waals surface area contributed by atoms with Crippen molar-refractivity contribution < 1.29 is 20.4 Å².